The van der Waals surface area contributed by atoms with Crippen LogP contribution in [0.25, 0.3) is 0 Å². The second-order valence-electron chi connectivity index (χ2n) is 4.22. The summed E-state index contributed by atoms with van der Waals surface area (Å²) in [5.41, 5.74) is 0.737. The second-order valence-corrected chi connectivity index (χ2v) is 6.51. The van der Waals surface area contributed by atoms with Gasteiger partial charge >= 0.3 is 0 Å². The monoisotopic (exact) mass is 303 g/mol. The van der Waals surface area contributed by atoms with Gasteiger partial charge in [0.1, 0.15) is 0 Å². The first-order chi connectivity index (χ1) is 7.58. The van der Waals surface area contributed by atoms with Crippen LogP contribution < -0.4 is 0 Å². The van der Waals surface area contributed by atoms with Gasteiger partial charge in [0, 0.05) is 18.5 Å². The lowest BCUT2D eigenvalue weighted by Crippen LogP contribution is -2.44. The van der Waals surface area contributed by atoms with Crippen LogP contribution >= 0.6 is 27.3 Å². The average Bonchev–Trinajstić information content (AvgIpc) is 2.68. The van der Waals surface area contributed by atoms with Crippen LogP contribution in [-0.4, -0.2) is 35.1 Å². The van der Waals surface area contributed by atoms with Gasteiger partial charge in [-0.25, -0.2) is 0 Å². The minimum Gasteiger partial charge on any atom is -0.393 e. The maximum atomic E-state index is 12.1. The number of aliphatic hydroxyl groups excluding tert-OH is 1. The molecule has 0 radical (unpaired) electrons. The summed E-state index contributed by atoms with van der Waals surface area (Å²) in [6.45, 7) is 3.28. The zero-order valence-electron chi connectivity index (χ0n) is 9.02. The first-order valence-corrected chi connectivity index (χ1v) is 6.96. The Hall–Kier alpha value is -0.390. The summed E-state index contributed by atoms with van der Waals surface area (Å²) < 4.78 is 0.973. The first kappa shape index (κ1) is 12.1. The van der Waals surface area contributed by atoms with Gasteiger partial charge in [-0.1, -0.05) is 6.92 Å². The molecule has 5 heteroatoms. The summed E-state index contributed by atoms with van der Waals surface area (Å²) >= 11 is 4.87. The molecular formula is C11H14BrNO2S. The summed E-state index contributed by atoms with van der Waals surface area (Å²) in [6.07, 6.45) is 0.413. The largest absolute Gasteiger partial charge is 0.393 e. The van der Waals surface area contributed by atoms with Gasteiger partial charge < -0.3 is 10.0 Å². The summed E-state index contributed by atoms with van der Waals surface area (Å²) in [5, 5.41) is 11.5. The van der Waals surface area contributed by atoms with E-state index in [1.54, 1.807) is 0 Å². The van der Waals surface area contributed by atoms with E-state index in [1.165, 1.54) is 11.3 Å². The molecule has 2 rings (SSSR count). The summed E-state index contributed by atoms with van der Waals surface area (Å²) in [7, 11) is 0. The van der Waals surface area contributed by atoms with Crippen LogP contribution in [0, 0.1) is 5.92 Å². The van der Waals surface area contributed by atoms with Crippen LogP contribution in [-0.2, 0) is 0 Å². The number of piperidine rings is 1. The van der Waals surface area contributed by atoms with Crippen molar-refractivity contribution in [3.8, 4) is 0 Å². The molecule has 1 aliphatic heterocycles. The standard InChI is InChI=1S/C11H14BrNO2S/c1-7-5-13(3-2-9(7)14)11(15)8-4-10(12)16-6-8/h4,6-7,9,14H,2-3,5H2,1H3. The lowest BCUT2D eigenvalue weighted by Gasteiger charge is -2.34. The number of nitrogens with zero attached hydrogens (tertiary/aromatic N) is 1. The number of carbonyl (C=O) groups excluding carboxylic acids is 1. The fourth-order valence-electron chi connectivity index (χ4n) is 1.92. The van der Waals surface area contributed by atoms with Crippen molar-refractivity contribution in [2.75, 3.05) is 13.1 Å². The molecule has 2 atom stereocenters. The Balaban J connectivity index is 2.06. The van der Waals surface area contributed by atoms with E-state index in [0.29, 0.717) is 19.5 Å². The van der Waals surface area contributed by atoms with Gasteiger partial charge in [0.05, 0.1) is 15.5 Å². The van der Waals surface area contributed by atoms with E-state index in [2.05, 4.69) is 15.9 Å². The minimum atomic E-state index is -0.265. The average molecular weight is 304 g/mol. The van der Waals surface area contributed by atoms with Gasteiger partial charge in [-0.05, 0) is 34.3 Å². The maximum absolute atomic E-state index is 12.1. The number of halogens is 1. The van der Waals surface area contributed by atoms with E-state index in [9.17, 15) is 9.90 Å². The number of thiophene rings is 1. The van der Waals surface area contributed by atoms with Gasteiger partial charge in [0.15, 0.2) is 0 Å². The molecule has 1 N–H and O–H groups in total. The molecular weight excluding hydrogens is 290 g/mol. The van der Waals surface area contributed by atoms with Crippen molar-refractivity contribution < 1.29 is 9.90 Å². The quantitative estimate of drug-likeness (QED) is 0.865. The lowest BCUT2D eigenvalue weighted by molar-refractivity contribution is 0.0298. The molecule has 1 amide bonds. The van der Waals surface area contributed by atoms with Crippen molar-refractivity contribution in [2.45, 2.75) is 19.4 Å². The molecule has 2 unspecified atom stereocenters. The number of rotatable bonds is 1. The molecule has 1 saturated heterocycles. The molecule has 0 saturated carbocycles. The number of aliphatic hydroxyl groups is 1. The maximum Gasteiger partial charge on any atom is 0.254 e. The molecule has 0 bridgehead atoms. The highest BCUT2D eigenvalue weighted by atomic mass is 79.9. The molecule has 0 aliphatic carbocycles. The van der Waals surface area contributed by atoms with Crippen LogP contribution in [0.5, 0.6) is 0 Å². The van der Waals surface area contributed by atoms with Crippen molar-refractivity contribution in [3.63, 3.8) is 0 Å². The number of amides is 1. The van der Waals surface area contributed by atoms with Crippen molar-refractivity contribution >= 4 is 33.2 Å². The Morgan fingerprint density at radius 3 is 3.00 bits per heavy atom. The van der Waals surface area contributed by atoms with Crippen LogP contribution in [0.3, 0.4) is 0 Å². The highest BCUT2D eigenvalue weighted by Crippen LogP contribution is 2.24. The predicted octanol–water partition coefficient (Wildman–Crippen LogP) is 2.35. The molecule has 1 aromatic rings. The van der Waals surface area contributed by atoms with Crippen molar-refractivity contribution in [2.24, 2.45) is 5.92 Å². The van der Waals surface area contributed by atoms with Gasteiger partial charge in [-0.3, -0.25) is 4.79 Å². The molecule has 88 valence electrons. The second kappa shape index (κ2) is 4.85. The van der Waals surface area contributed by atoms with Crippen molar-refractivity contribution in [3.05, 3.63) is 20.8 Å². The zero-order valence-corrected chi connectivity index (χ0v) is 11.4. The van der Waals surface area contributed by atoms with E-state index in [-0.39, 0.29) is 17.9 Å². The Bertz CT molecular complexity index is 393. The molecule has 16 heavy (non-hydrogen) atoms. The van der Waals surface area contributed by atoms with Crippen LogP contribution in [0.2, 0.25) is 0 Å². The molecule has 1 aromatic heterocycles. The Morgan fingerprint density at radius 2 is 2.44 bits per heavy atom. The normalized spacial score (nSPS) is 25.8. The van der Waals surface area contributed by atoms with Gasteiger partial charge in [-0.2, -0.15) is 0 Å². The predicted molar refractivity (Wildman–Crippen MR) is 67.7 cm³/mol. The van der Waals surface area contributed by atoms with E-state index < -0.39 is 0 Å². The first-order valence-electron chi connectivity index (χ1n) is 5.29. The van der Waals surface area contributed by atoms with Crippen LogP contribution in [0.15, 0.2) is 15.2 Å². The lowest BCUT2D eigenvalue weighted by atomic mass is 9.96. The number of likely N-dealkylation sites (tertiary alicyclic amines) is 1. The molecule has 0 aromatic carbocycles. The molecule has 1 aliphatic rings. The summed E-state index contributed by atoms with van der Waals surface area (Å²) in [6, 6.07) is 1.85. The third-order valence-corrected chi connectivity index (χ3v) is 4.47. The smallest absolute Gasteiger partial charge is 0.254 e. The zero-order chi connectivity index (χ0) is 11.7. The minimum absolute atomic E-state index is 0.0701. The molecule has 1 fully saturated rings. The van der Waals surface area contributed by atoms with Gasteiger partial charge in [-0.15, -0.1) is 11.3 Å². The number of hydrogen-bond acceptors (Lipinski definition) is 3. The van der Waals surface area contributed by atoms with Gasteiger partial charge in [0.2, 0.25) is 0 Å². The summed E-state index contributed by atoms with van der Waals surface area (Å²) in [5.74, 6) is 0.237. The highest BCUT2D eigenvalue weighted by molar-refractivity contribution is 9.11. The fourth-order valence-corrected chi connectivity index (χ4v) is 3.05. The molecule has 0 spiro atoms. The van der Waals surface area contributed by atoms with Crippen molar-refractivity contribution in [1.29, 1.82) is 0 Å². The van der Waals surface area contributed by atoms with Crippen LogP contribution in [0.4, 0.5) is 0 Å². The van der Waals surface area contributed by atoms with E-state index in [0.717, 1.165) is 9.35 Å². The number of carbonyl (C=O) groups is 1. The fraction of sp³-hybridized carbons (Fsp3) is 0.545. The SMILES string of the molecule is CC1CN(C(=O)c2csc(Br)c2)CCC1O. The topological polar surface area (TPSA) is 40.5 Å². The van der Waals surface area contributed by atoms with E-state index in [4.69, 9.17) is 0 Å². The molecule has 2 heterocycles. The van der Waals surface area contributed by atoms with E-state index >= 15 is 0 Å². The third kappa shape index (κ3) is 2.47. The Kier molecular flexibility index (Phi) is 3.66. The summed E-state index contributed by atoms with van der Waals surface area (Å²) in [4.78, 5) is 13.9. The Morgan fingerprint density at radius 1 is 1.69 bits per heavy atom. The molecule has 3 nitrogen and oxygen atoms in total. The van der Waals surface area contributed by atoms with E-state index in [1.807, 2.05) is 23.3 Å². The van der Waals surface area contributed by atoms with Crippen molar-refractivity contribution in [1.82, 2.24) is 4.90 Å². The third-order valence-electron chi connectivity index (χ3n) is 2.96. The Labute approximate surface area is 107 Å². The number of hydrogen-bond donors (Lipinski definition) is 1. The van der Waals surface area contributed by atoms with Crippen LogP contribution in [0.1, 0.15) is 23.7 Å². The van der Waals surface area contributed by atoms with Gasteiger partial charge in [0.25, 0.3) is 5.91 Å². The highest BCUT2D eigenvalue weighted by Gasteiger charge is 2.27.